The Bertz CT molecular complexity index is 789. The van der Waals surface area contributed by atoms with E-state index in [1.165, 1.54) is 20.8 Å². The summed E-state index contributed by atoms with van der Waals surface area (Å²) in [7, 11) is 0. The van der Waals surface area contributed by atoms with Crippen LogP contribution in [0.4, 0.5) is 0 Å². The summed E-state index contributed by atoms with van der Waals surface area (Å²) in [5.74, 6) is 0.553. The fraction of sp³-hybridized carbons (Fsp3) is 0.800. The lowest BCUT2D eigenvalue weighted by Gasteiger charge is -2.63. The molecule has 0 N–H and O–H groups in total. The molecule has 0 aliphatic heterocycles. The van der Waals surface area contributed by atoms with Crippen LogP contribution in [0.3, 0.4) is 0 Å². The van der Waals surface area contributed by atoms with Gasteiger partial charge in [0.25, 0.3) is 0 Å². The molecule has 6 nitrogen and oxygen atoms in total. The fourth-order valence-electron chi connectivity index (χ4n) is 8.19. The summed E-state index contributed by atoms with van der Waals surface area (Å²) in [5.41, 5.74) is 0.930. The molecule has 4 rings (SSSR count). The van der Waals surface area contributed by atoms with Gasteiger partial charge in [-0.25, -0.2) is 0 Å². The normalized spacial score (nSPS) is 43.4. The fourth-order valence-corrected chi connectivity index (χ4v) is 8.19. The molecule has 4 aliphatic carbocycles. The lowest BCUT2D eigenvalue weighted by Crippen LogP contribution is -2.59. The predicted molar refractivity (Wildman–Crippen MR) is 114 cm³/mol. The third-order valence-electron chi connectivity index (χ3n) is 8.99. The second kappa shape index (κ2) is 7.93. The molecule has 6 heteroatoms. The van der Waals surface area contributed by atoms with Gasteiger partial charge in [-0.1, -0.05) is 13.5 Å². The summed E-state index contributed by atoms with van der Waals surface area (Å²) in [5, 5.41) is 0. The first kappa shape index (κ1) is 22.3. The Morgan fingerprint density at radius 3 is 2.35 bits per heavy atom. The first-order valence-corrected chi connectivity index (χ1v) is 11.7. The van der Waals surface area contributed by atoms with E-state index in [0.29, 0.717) is 24.4 Å². The molecule has 0 aromatic heterocycles. The van der Waals surface area contributed by atoms with Gasteiger partial charge in [-0.2, -0.15) is 0 Å². The largest absolute Gasteiger partial charge is 0.466 e. The van der Waals surface area contributed by atoms with Gasteiger partial charge in [0.2, 0.25) is 0 Å². The summed E-state index contributed by atoms with van der Waals surface area (Å²) < 4.78 is 17.1. The van der Waals surface area contributed by atoms with Crippen LogP contribution in [-0.4, -0.2) is 36.7 Å². The van der Waals surface area contributed by atoms with Crippen LogP contribution >= 0.6 is 0 Å². The van der Waals surface area contributed by atoms with Gasteiger partial charge in [-0.3, -0.25) is 14.4 Å². The minimum atomic E-state index is -0.272. The van der Waals surface area contributed by atoms with Crippen LogP contribution in [0.2, 0.25) is 0 Å². The predicted octanol–water partition coefficient (Wildman–Crippen LogP) is 4.21. The highest BCUT2D eigenvalue weighted by molar-refractivity contribution is 5.67. The molecule has 0 amide bonds. The van der Waals surface area contributed by atoms with Crippen molar-refractivity contribution in [2.75, 3.05) is 6.61 Å². The van der Waals surface area contributed by atoms with Crippen molar-refractivity contribution in [1.29, 1.82) is 0 Å². The third kappa shape index (κ3) is 3.70. The average Bonchev–Trinajstić information content (AvgIpc) is 2.85. The van der Waals surface area contributed by atoms with Crippen LogP contribution < -0.4 is 0 Å². The lowest BCUT2D eigenvalue weighted by atomic mass is 9.43. The molecule has 4 aliphatic rings. The molecule has 0 unspecified atom stereocenters. The molecule has 8 atom stereocenters. The highest BCUT2D eigenvalue weighted by atomic mass is 16.5. The van der Waals surface area contributed by atoms with Crippen LogP contribution in [0, 0.1) is 34.5 Å². The molecule has 4 fully saturated rings. The van der Waals surface area contributed by atoms with E-state index in [2.05, 4.69) is 13.5 Å². The van der Waals surface area contributed by atoms with Gasteiger partial charge in [0.15, 0.2) is 0 Å². The monoisotopic (exact) mass is 432 g/mol. The maximum atomic E-state index is 12.0. The molecule has 1 spiro atoms. The van der Waals surface area contributed by atoms with Crippen LogP contribution in [0.25, 0.3) is 0 Å². The topological polar surface area (TPSA) is 78.9 Å². The smallest absolute Gasteiger partial charge is 0.303 e. The van der Waals surface area contributed by atoms with Crippen LogP contribution in [0.1, 0.15) is 72.6 Å². The van der Waals surface area contributed by atoms with Gasteiger partial charge < -0.3 is 14.2 Å². The molecule has 0 radical (unpaired) electrons. The van der Waals surface area contributed by atoms with Crippen molar-refractivity contribution in [3.8, 4) is 0 Å². The Kier molecular flexibility index (Phi) is 5.72. The second-order valence-electron chi connectivity index (χ2n) is 10.7. The quantitative estimate of drug-likeness (QED) is 0.376. The Balaban J connectivity index is 1.69. The van der Waals surface area contributed by atoms with Crippen LogP contribution in [-0.2, 0) is 28.6 Å². The van der Waals surface area contributed by atoms with Crippen molar-refractivity contribution in [1.82, 2.24) is 0 Å². The lowest BCUT2D eigenvalue weighted by molar-refractivity contribution is -0.196. The summed E-state index contributed by atoms with van der Waals surface area (Å²) >= 11 is 0. The second-order valence-corrected chi connectivity index (χ2v) is 10.7. The van der Waals surface area contributed by atoms with Gasteiger partial charge >= 0.3 is 17.9 Å². The van der Waals surface area contributed by atoms with Gasteiger partial charge in [-0.15, -0.1) is 0 Å². The minimum absolute atomic E-state index is 0.0740. The Hall–Kier alpha value is -1.85. The number of fused-ring (bicyclic) bond motifs is 3. The Morgan fingerprint density at radius 1 is 1.00 bits per heavy atom. The van der Waals surface area contributed by atoms with Gasteiger partial charge in [0, 0.05) is 26.2 Å². The van der Waals surface area contributed by atoms with E-state index < -0.39 is 0 Å². The number of rotatable bonds is 4. The number of esters is 3. The molecule has 0 saturated heterocycles. The van der Waals surface area contributed by atoms with Crippen molar-refractivity contribution in [2.24, 2.45) is 34.5 Å². The number of carbonyl (C=O) groups excluding carboxylic acids is 3. The van der Waals surface area contributed by atoms with E-state index in [9.17, 15) is 14.4 Å². The van der Waals surface area contributed by atoms with Crippen molar-refractivity contribution >= 4 is 17.9 Å². The molecule has 0 aromatic rings. The van der Waals surface area contributed by atoms with E-state index in [1.807, 2.05) is 0 Å². The van der Waals surface area contributed by atoms with Crippen molar-refractivity contribution in [3.63, 3.8) is 0 Å². The molecular weight excluding hydrogens is 396 g/mol. The highest BCUT2D eigenvalue weighted by Crippen LogP contribution is 2.71. The maximum absolute atomic E-state index is 12.0. The van der Waals surface area contributed by atoms with Gasteiger partial charge in [0.1, 0.15) is 12.2 Å². The zero-order valence-electron chi connectivity index (χ0n) is 19.3. The first-order valence-electron chi connectivity index (χ1n) is 11.7. The van der Waals surface area contributed by atoms with Crippen molar-refractivity contribution < 1.29 is 28.6 Å². The van der Waals surface area contributed by atoms with Gasteiger partial charge in [-0.05, 0) is 79.6 Å². The number of hydrogen-bond donors (Lipinski definition) is 0. The molecule has 0 aromatic carbocycles. The summed E-state index contributed by atoms with van der Waals surface area (Å²) in [4.78, 5) is 35.3. The molecular formula is C25H36O6. The summed E-state index contributed by atoms with van der Waals surface area (Å²) in [6.45, 7) is 11.5. The molecule has 31 heavy (non-hydrogen) atoms. The van der Waals surface area contributed by atoms with Crippen molar-refractivity contribution in [3.05, 3.63) is 12.2 Å². The molecule has 172 valence electrons. The Labute approximate surface area is 185 Å². The molecule has 4 saturated carbocycles. The minimum Gasteiger partial charge on any atom is -0.466 e. The van der Waals surface area contributed by atoms with Crippen molar-refractivity contribution in [2.45, 2.75) is 84.8 Å². The first-order chi connectivity index (χ1) is 14.6. The highest BCUT2D eigenvalue weighted by Gasteiger charge is 2.67. The van der Waals surface area contributed by atoms with E-state index in [-0.39, 0.29) is 46.9 Å². The van der Waals surface area contributed by atoms with Crippen LogP contribution in [0.15, 0.2) is 12.2 Å². The maximum Gasteiger partial charge on any atom is 0.303 e. The zero-order chi connectivity index (χ0) is 22.6. The zero-order valence-corrected chi connectivity index (χ0v) is 19.3. The summed E-state index contributed by atoms with van der Waals surface area (Å²) in [6.07, 6.45) is 6.32. The molecule has 0 heterocycles. The van der Waals surface area contributed by atoms with E-state index >= 15 is 0 Å². The number of carbonyl (C=O) groups is 3. The summed E-state index contributed by atoms with van der Waals surface area (Å²) in [6, 6.07) is 0. The standard InChI is InChI=1S/C25H36O6/c1-14-18-6-7-22-24(5)12-20(30-16(3)27)10-19(13-29-15(2)26)21(24)8-9-25(22,11-18)23(14)31-17(4)28/h18-23H,1,6-13H2,2-5H3/t18-,19+,20-,21+,22-,23+,24-,25-/m1/s1. The van der Waals surface area contributed by atoms with E-state index in [1.54, 1.807) is 0 Å². The number of ether oxygens (including phenoxy) is 3. The van der Waals surface area contributed by atoms with Crippen LogP contribution in [0.5, 0.6) is 0 Å². The van der Waals surface area contributed by atoms with Gasteiger partial charge in [0.05, 0.1) is 6.61 Å². The number of hydrogen-bond acceptors (Lipinski definition) is 6. The van der Waals surface area contributed by atoms with E-state index in [0.717, 1.165) is 50.5 Å². The third-order valence-corrected chi connectivity index (χ3v) is 8.99. The SMILES string of the molecule is C=C1[C@@H]2CC[C@@H]3[C@]4(C)C[C@H](OC(C)=O)C[C@@H](COC(C)=O)[C@@H]4CC[C@]3(C2)[C@H]1OC(C)=O. The van der Waals surface area contributed by atoms with E-state index in [4.69, 9.17) is 14.2 Å². The Morgan fingerprint density at radius 2 is 1.71 bits per heavy atom. The molecule has 2 bridgehead atoms. The average molecular weight is 433 g/mol.